The van der Waals surface area contributed by atoms with E-state index in [1.165, 1.54) is 6.08 Å². The summed E-state index contributed by atoms with van der Waals surface area (Å²) in [4.78, 5) is 40.5. The van der Waals surface area contributed by atoms with Gasteiger partial charge in [-0.25, -0.2) is 0 Å². The fraction of sp³-hybridized carbons (Fsp3) is 0.382. The Morgan fingerprint density at radius 2 is 1.47 bits per heavy atom. The molecule has 3 aliphatic heterocycles. The third kappa shape index (κ3) is 5.94. The summed E-state index contributed by atoms with van der Waals surface area (Å²) in [6, 6.07) is 15.7. The smallest absolute Gasteiger partial charge is 0.282 e. The molecular formula is C34H36N8O4S. The number of amides is 1. The Kier molecular flexibility index (Phi) is 8.13. The summed E-state index contributed by atoms with van der Waals surface area (Å²) in [6.07, 6.45) is 8.93. The van der Waals surface area contributed by atoms with Gasteiger partial charge in [-0.2, -0.15) is 22.3 Å². The minimum atomic E-state index is -3.61. The molecule has 1 N–H and O–H groups in total. The van der Waals surface area contributed by atoms with Gasteiger partial charge in [-0.1, -0.05) is 0 Å². The van der Waals surface area contributed by atoms with Crippen LogP contribution in [-0.4, -0.2) is 106 Å². The van der Waals surface area contributed by atoms with E-state index in [1.54, 1.807) is 62.6 Å². The summed E-state index contributed by atoms with van der Waals surface area (Å²) >= 11 is 0. The lowest BCUT2D eigenvalue weighted by Crippen LogP contribution is -2.53. The number of nitriles is 1. The second-order valence-corrected chi connectivity index (χ2v) is 14.8. The maximum Gasteiger partial charge on any atom is 0.282 e. The van der Waals surface area contributed by atoms with Crippen molar-refractivity contribution in [3.63, 3.8) is 0 Å². The van der Waals surface area contributed by atoms with Gasteiger partial charge < -0.3 is 10.2 Å². The van der Waals surface area contributed by atoms with Crippen molar-refractivity contribution in [2.24, 2.45) is 11.8 Å². The van der Waals surface area contributed by atoms with Gasteiger partial charge >= 0.3 is 0 Å². The summed E-state index contributed by atoms with van der Waals surface area (Å²) < 4.78 is 30.2. The van der Waals surface area contributed by atoms with Crippen molar-refractivity contribution in [3.8, 4) is 6.07 Å². The number of aromatic nitrogens is 2. The van der Waals surface area contributed by atoms with Crippen LogP contribution in [0.25, 0.3) is 0 Å². The molecular weight excluding hydrogens is 616 g/mol. The van der Waals surface area contributed by atoms with Gasteiger partial charge in [-0.05, 0) is 66.7 Å². The molecule has 3 aromatic rings. The standard InChI is InChI=1S/C34H36N8O4S/c1-39-14-16-40(17-15-39)47(45,46)41-22-28-29(23-41)32(28)42-31(18-30(43)27-4-2-26(21-35)3-5-27)38-34(33(42)44,19-24-6-10-36-11-7-24)20-25-8-12-37-13-9-25/h2-13,18,28-29,32,38H,14-17,19-20,22-23H2,1H3/b31-18+/t28-,29+,32+. The van der Waals surface area contributed by atoms with E-state index in [4.69, 9.17) is 0 Å². The minimum Gasteiger partial charge on any atom is -0.357 e. The molecule has 3 atom stereocenters. The molecule has 0 spiro atoms. The maximum absolute atomic E-state index is 14.8. The molecule has 47 heavy (non-hydrogen) atoms. The molecule has 1 amide bonds. The molecule has 7 rings (SSSR count). The highest BCUT2D eigenvalue weighted by molar-refractivity contribution is 7.86. The lowest BCUT2D eigenvalue weighted by Gasteiger charge is -2.35. The third-order valence-corrected chi connectivity index (χ3v) is 11.8. The molecule has 0 unspecified atom stereocenters. The van der Waals surface area contributed by atoms with E-state index in [0.717, 1.165) is 11.1 Å². The number of hydrogen-bond acceptors (Lipinski definition) is 9. The molecule has 0 radical (unpaired) electrons. The van der Waals surface area contributed by atoms with Crippen LogP contribution in [0.15, 0.2) is 85.2 Å². The third-order valence-electron chi connectivity index (χ3n) is 9.86. The largest absolute Gasteiger partial charge is 0.357 e. The molecule has 3 saturated heterocycles. The van der Waals surface area contributed by atoms with Gasteiger partial charge in [-0.15, -0.1) is 0 Å². The van der Waals surface area contributed by atoms with Crippen molar-refractivity contribution >= 4 is 21.9 Å². The fourth-order valence-corrected chi connectivity index (χ4v) is 8.90. The Bertz CT molecular complexity index is 1780. The number of fused-ring (bicyclic) bond motifs is 1. The molecule has 12 nitrogen and oxygen atoms in total. The lowest BCUT2D eigenvalue weighted by atomic mass is 9.85. The second-order valence-electron chi connectivity index (χ2n) is 12.9. The Morgan fingerprint density at radius 1 is 0.915 bits per heavy atom. The summed E-state index contributed by atoms with van der Waals surface area (Å²) in [7, 11) is -1.62. The summed E-state index contributed by atoms with van der Waals surface area (Å²) in [5, 5.41) is 12.7. The number of piperazine rings is 1. The van der Waals surface area contributed by atoms with Crippen molar-refractivity contribution in [1.82, 2.24) is 33.7 Å². The minimum absolute atomic E-state index is 0.0472. The molecule has 13 heteroatoms. The Balaban J connectivity index is 1.21. The zero-order valence-electron chi connectivity index (χ0n) is 26.1. The highest BCUT2D eigenvalue weighted by Crippen LogP contribution is 2.53. The molecule has 2 aromatic heterocycles. The predicted octanol–water partition coefficient (Wildman–Crippen LogP) is 1.45. The van der Waals surface area contributed by atoms with Crippen LogP contribution in [0.5, 0.6) is 0 Å². The molecule has 1 aromatic carbocycles. The zero-order chi connectivity index (χ0) is 32.8. The van der Waals surface area contributed by atoms with E-state index in [2.05, 4.69) is 26.3 Å². The van der Waals surface area contributed by atoms with Crippen molar-refractivity contribution in [2.75, 3.05) is 46.3 Å². The van der Waals surface area contributed by atoms with Gasteiger partial charge in [0.1, 0.15) is 11.4 Å². The number of benzene rings is 1. The molecule has 4 aliphatic rings. The molecule has 1 saturated carbocycles. The average Bonchev–Trinajstić information content (AvgIpc) is 3.41. The number of carbonyl (C=O) groups excluding carboxylic acids is 2. The first-order chi connectivity index (χ1) is 22.7. The van der Waals surface area contributed by atoms with Gasteiger partial charge in [0, 0.05) is 106 Å². The number of nitrogens with one attached hydrogen (secondary N) is 1. The van der Waals surface area contributed by atoms with Crippen molar-refractivity contribution in [3.05, 3.63) is 107 Å². The Labute approximate surface area is 274 Å². The molecule has 5 heterocycles. The molecule has 1 aliphatic carbocycles. The van der Waals surface area contributed by atoms with Gasteiger partial charge in [0.15, 0.2) is 5.78 Å². The first-order valence-electron chi connectivity index (χ1n) is 15.8. The number of nitrogens with zero attached hydrogens (tertiary/aromatic N) is 7. The van der Waals surface area contributed by atoms with Gasteiger partial charge in [-0.3, -0.25) is 24.5 Å². The highest BCUT2D eigenvalue weighted by atomic mass is 32.2. The first kappa shape index (κ1) is 31.1. The van der Waals surface area contributed by atoms with Crippen molar-refractivity contribution in [2.45, 2.75) is 24.4 Å². The normalized spacial score (nSPS) is 25.4. The number of hydrogen-bond donors (Lipinski definition) is 1. The van der Waals surface area contributed by atoms with Crippen LogP contribution in [-0.2, 0) is 27.8 Å². The van der Waals surface area contributed by atoms with E-state index in [9.17, 15) is 23.3 Å². The first-order valence-corrected chi connectivity index (χ1v) is 17.2. The van der Waals surface area contributed by atoms with Gasteiger partial charge in [0.25, 0.3) is 16.1 Å². The van der Waals surface area contributed by atoms with E-state index < -0.39 is 15.7 Å². The van der Waals surface area contributed by atoms with Crippen LogP contribution in [0, 0.1) is 23.2 Å². The Morgan fingerprint density at radius 3 is 2.00 bits per heavy atom. The quantitative estimate of drug-likeness (QED) is 0.269. The van der Waals surface area contributed by atoms with Crippen LogP contribution in [0.1, 0.15) is 27.0 Å². The predicted molar refractivity (Wildman–Crippen MR) is 172 cm³/mol. The number of carbonyl (C=O) groups is 2. The molecule has 242 valence electrons. The summed E-state index contributed by atoms with van der Waals surface area (Å²) in [5.74, 6) is -0.148. The van der Waals surface area contributed by atoms with Crippen molar-refractivity contribution in [1.29, 1.82) is 5.26 Å². The zero-order valence-corrected chi connectivity index (χ0v) is 26.9. The summed E-state index contributed by atoms with van der Waals surface area (Å²) in [5.41, 5.74) is 1.56. The fourth-order valence-electron chi connectivity index (χ4n) is 7.23. The molecule has 0 bridgehead atoms. The van der Waals surface area contributed by atoms with E-state index in [-0.39, 0.29) is 29.6 Å². The number of ketones is 1. The second kappa shape index (κ2) is 12.3. The van der Waals surface area contributed by atoms with Gasteiger partial charge in [0.05, 0.1) is 11.6 Å². The van der Waals surface area contributed by atoms with Crippen molar-refractivity contribution < 1.29 is 18.0 Å². The van der Waals surface area contributed by atoms with E-state index in [0.29, 0.717) is 69.1 Å². The van der Waals surface area contributed by atoms with Crippen LogP contribution >= 0.6 is 0 Å². The number of likely N-dealkylation sites (N-methyl/N-ethyl adjacent to an activating group) is 1. The van der Waals surface area contributed by atoms with E-state index >= 15 is 0 Å². The number of rotatable bonds is 9. The SMILES string of the molecule is CN1CCN(S(=O)(=O)N2C[C@@H]3[C@H](C2)[C@H]3N2C(=O)C(Cc3ccncc3)(Cc3ccncc3)N/C2=C\C(=O)c2ccc(C#N)cc2)CC1. The monoisotopic (exact) mass is 652 g/mol. The summed E-state index contributed by atoms with van der Waals surface area (Å²) in [6.45, 7) is 2.95. The molecule has 4 fully saturated rings. The van der Waals surface area contributed by atoms with E-state index in [1.807, 2.05) is 31.3 Å². The van der Waals surface area contributed by atoms with Crippen LogP contribution in [0.4, 0.5) is 0 Å². The van der Waals surface area contributed by atoms with Gasteiger partial charge in [0.2, 0.25) is 0 Å². The number of pyridine rings is 2. The maximum atomic E-state index is 14.8. The van der Waals surface area contributed by atoms with Crippen LogP contribution in [0.2, 0.25) is 0 Å². The Hall–Kier alpha value is -4.48. The average molecular weight is 653 g/mol. The highest BCUT2D eigenvalue weighted by Gasteiger charge is 2.66. The van der Waals surface area contributed by atoms with Crippen LogP contribution < -0.4 is 5.32 Å². The number of allylic oxidation sites excluding steroid dienone is 1. The number of piperidine rings is 1. The lowest BCUT2D eigenvalue weighted by molar-refractivity contribution is -0.132. The van der Waals surface area contributed by atoms with Crippen LogP contribution in [0.3, 0.4) is 0 Å². The topological polar surface area (TPSA) is 143 Å².